The third-order valence-electron chi connectivity index (χ3n) is 5.45. The van der Waals surface area contributed by atoms with Crippen LogP contribution in [0.15, 0.2) is 53.4 Å². The highest BCUT2D eigenvalue weighted by Gasteiger charge is 2.15. The van der Waals surface area contributed by atoms with Crippen LogP contribution in [-0.2, 0) is 9.84 Å². The second-order valence-corrected chi connectivity index (χ2v) is 9.63. The van der Waals surface area contributed by atoms with Gasteiger partial charge in [0.05, 0.1) is 16.1 Å². The molecule has 1 saturated heterocycles. The van der Waals surface area contributed by atoms with E-state index in [-0.39, 0.29) is 0 Å². The fraction of sp³-hybridized carbons (Fsp3) is 0.318. The summed E-state index contributed by atoms with van der Waals surface area (Å²) >= 11 is 0. The van der Waals surface area contributed by atoms with E-state index in [0.717, 1.165) is 48.3 Å². The van der Waals surface area contributed by atoms with Crippen molar-refractivity contribution in [3.8, 4) is 11.3 Å². The number of hydrogen-bond acceptors (Lipinski definition) is 5. The monoisotopic (exact) mass is 395 g/mol. The number of pyridine rings is 1. The molecule has 1 aliphatic rings. The van der Waals surface area contributed by atoms with Crippen LogP contribution in [0.1, 0.15) is 5.56 Å². The van der Waals surface area contributed by atoms with Gasteiger partial charge in [0, 0.05) is 49.1 Å². The van der Waals surface area contributed by atoms with Crippen LogP contribution < -0.4 is 4.90 Å². The number of nitrogens with zero attached hydrogens (tertiary/aromatic N) is 3. The van der Waals surface area contributed by atoms with E-state index >= 15 is 0 Å². The van der Waals surface area contributed by atoms with Gasteiger partial charge in [-0.2, -0.15) is 0 Å². The summed E-state index contributed by atoms with van der Waals surface area (Å²) in [6.07, 6.45) is 1.22. The SMILES string of the molecule is Cc1cc(-c2ccc(S(C)(=O)=O)cc2)nc2ccc(N3CCN(C)CC3)cc12. The Balaban J connectivity index is 1.68. The van der Waals surface area contributed by atoms with Crippen molar-refractivity contribution in [2.24, 2.45) is 0 Å². The summed E-state index contributed by atoms with van der Waals surface area (Å²) in [5.74, 6) is 0. The van der Waals surface area contributed by atoms with Gasteiger partial charge in [-0.05, 0) is 55.9 Å². The second kappa shape index (κ2) is 7.18. The molecule has 2 aromatic carbocycles. The molecular weight excluding hydrogens is 370 g/mol. The molecule has 6 heteroatoms. The smallest absolute Gasteiger partial charge is 0.175 e. The van der Waals surface area contributed by atoms with E-state index in [9.17, 15) is 8.42 Å². The van der Waals surface area contributed by atoms with Crippen LogP contribution in [-0.4, -0.2) is 57.8 Å². The molecule has 0 unspecified atom stereocenters. The highest BCUT2D eigenvalue weighted by atomic mass is 32.2. The topological polar surface area (TPSA) is 53.5 Å². The number of rotatable bonds is 3. The van der Waals surface area contributed by atoms with E-state index in [2.05, 4.69) is 48.0 Å². The van der Waals surface area contributed by atoms with Gasteiger partial charge in [0.25, 0.3) is 0 Å². The lowest BCUT2D eigenvalue weighted by molar-refractivity contribution is 0.313. The van der Waals surface area contributed by atoms with Crippen molar-refractivity contribution in [2.45, 2.75) is 11.8 Å². The summed E-state index contributed by atoms with van der Waals surface area (Å²) in [5, 5.41) is 1.16. The molecule has 0 saturated carbocycles. The van der Waals surface area contributed by atoms with Gasteiger partial charge < -0.3 is 9.80 Å². The Kier molecular flexibility index (Phi) is 4.85. The zero-order chi connectivity index (χ0) is 19.9. The lowest BCUT2D eigenvalue weighted by Crippen LogP contribution is -2.44. The Morgan fingerprint density at radius 3 is 2.25 bits per heavy atom. The van der Waals surface area contributed by atoms with Crippen molar-refractivity contribution in [3.05, 3.63) is 54.1 Å². The van der Waals surface area contributed by atoms with Crippen LogP contribution in [0, 0.1) is 6.92 Å². The minimum absolute atomic E-state index is 0.325. The van der Waals surface area contributed by atoms with Gasteiger partial charge in [-0.1, -0.05) is 12.1 Å². The first kappa shape index (κ1) is 18.9. The largest absolute Gasteiger partial charge is 0.369 e. The van der Waals surface area contributed by atoms with Gasteiger partial charge >= 0.3 is 0 Å². The number of hydrogen-bond donors (Lipinski definition) is 0. The zero-order valence-corrected chi connectivity index (χ0v) is 17.3. The quantitative estimate of drug-likeness (QED) is 0.681. The van der Waals surface area contributed by atoms with E-state index in [1.807, 2.05) is 12.1 Å². The van der Waals surface area contributed by atoms with E-state index in [1.165, 1.54) is 17.5 Å². The lowest BCUT2D eigenvalue weighted by atomic mass is 10.0. The Hall–Kier alpha value is -2.44. The number of aromatic nitrogens is 1. The maximum absolute atomic E-state index is 11.7. The number of sulfone groups is 1. The average molecular weight is 396 g/mol. The molecule has 0 amide bonds. The van der Waals surface area contributed by atoms with Crippen molar-refractivity contribution in [2.75, 3.05) is 44.4 Å². The standard InChI is InChI=1S/C22H25N3O2S/c1-16-14-22(17-4-7-19(8-5-17)28(3,26)27)23-21-9-6-18(15-20(16)21)25-12-10-24(2)11-13-25/h4-9,14-15H,10-13H2,1-3H3. The summed E-state index contributed by atoms with van der Waals surface area (Å²) in [6.45, 7) is 6.35. The number of fused-ring (bicyclic) bond motifs is 1. The second-order valence-electron chi connectivity index (χ2n) is 7.61. The first-order valence-corrected chi connectivity index (χ1v) is 11.4. The minimum Gasteiger partial charge on any atom is -0.369 e. The van der Waals surface area contributed by atoms with E-state index in [4.69, 9.17) is 4.98 Å². The van der Waals surface area contributed by atoms with Crippen LogP contribution in [0.25, 0.3) is 22.2 Å². The number of piperazine rings is 1. The maximum atomic E-state index is 11.7. The highest BCUT2D eigenvalue weighted by Crippen LogP contribution is 2.28. The lowest BCUT2D eigenvalue weighted by Gasteiger charge is -2.34. The van der Waals surface area contributed by atoms with Crippen LogP contribution >= 0.6 is 0 Å². The first-order chi connectivity index (χ1) is 13.3. The summed E-state index contributed by atoms with van der Waals surface area (Å²) in [7, 11) is -1.03. The summed E-state index contributed by atoms with van der Waals surface area (Å²) in [4.78, 5) is 9.93. The molecule has 1 aliphatic heterocycles. The Morgan fingerprint density at radius 2 is 1.61 bits per heavy atom. The molecule has 0 N–H and O–H groups in total. The third-order valence-corrected chi connectivity index (χ3v) is 6.57. The van der Waals surface area contributed by atoms with Gasteiger partial charge in [0.15, 0.2) is 9.84 Å². The van der Waals surface area contributed by atoms with Crippen LogP contribution in [0.2, 0.25) is 0 Å². The minimum atomic E-state index is -3.19. The van der Waals surface area contributed by atoms with Gasteiger partial charge in [0.2, 0.25) is 0 Å². The highest BCUT2D eigenvalue weighted by molar-refractivity contribution is 7.90. The molecule has 2 heterocycles. The van der Waals surface area contributed by atoms with Gasteiger partial charge in [-0.15, -0.1) is 0 Å². The molecule has 0 atom stereocenters. The van der Waals surface area contributed by atoms with Gasteiger partial charge in [-0.3, -0.25) is 0 Å². The number of anilines is 1. The molecule has 0 aliphatic carbocycles. The van der Waals surface area contributed by atoms with Crippen LogP contribution in [0.3, 0.4) is 0 Å². The molecule has 1 aromatic heterocycles. The molecule has 3 aromatic rings. The fourth-order valence-corrected chi connectivity index (χ4v) is 4.29. The Morgan fingerprint density at radius 1 is 0.929 bits per heavy atom. The van der Waals surface area contributed by atoms with Crippen molar-refractivity contribution >= 4 is 26.4 Å². The van der Waals surface area contributed by atoms with Crippen molar-refractivity contribution in [1.29, 1.82) is 0 Å². The first-order valence-electron chi connectivity index (χ1n) is 9.47. The van der Waals surface area contributed by atoms with Gasteiger partial charge in [-0.25, -0.2) is 13.4 Å². The zero-order valence-electron chi connectivity index (χ0n) is 16.5. The molecule has 5 nitrogen and oxygen atoms in total. The number of benzene rings is 2. The van der Waals surface area contributed by atoms with Crippen molar-refractivity contribution < 1.29 is 8.42 Å². The molecule has 4 rings (SSSR count). The summed E-state index contributed by atoms with van der Waals surface area (Å²) < 4.78 is 23.3. The number of likely N-dealkylation sites (N-methyl/N-ethyl adjacent to an activating group) is 1. The normalized spacial score (nSPS) is 15.9. The van der Waals surface area contributed by atoms with Gasteiger partial charge in [0.1, 0.15) is 0 Å². The average Bonchev–Trinajstić information content (AvgIpc) is 2.68. The summed E-state index contributed by atoms with van der Waals surface area (Å²) in [6, 6.07) is 15.5. The molecule has 0 spiro atoms. The van der Waals surface area contributed by atoms with Crippen LogP contribution in [0.5, 0.6) is 0 Å². The molecule has 0 bridgehead atoms. The molecule has 28 heavy (non-hydrogen) atoms. The molecule has 1 fully saturated rings. The predicted octanol–water partition coefficient (Wildman–Crippen LogP) is 3.37. The fourth-order valence-electron chi connectivity index (χ4n) is 3.66. The molecule has 146 valence electrons. The number of aryl methyl sites for hydroxylation is 1. The van der Waals surface area contributed by atoms with Crippen molar-refractivity contribution in [3.63, 3.8) is 0 Å². The molecular formula is C22H25N3O2S. The Labute approximate surface area is 166 Å². The van der Waals surface area contributed by atoms with E-state index in [1.54, 1.807) is 12.1 Å². The van der Waals surface area contributed by atoms with E-state index < -0.39 is 9.84 Å². The summed E-state index contributed by atoms with van der Waals surface area (Å²) in [5.41, 5.74) is 5.15. The molecule has 0 radical (unpaired) electrons. The van der Waals surface area contributed by atoms with E-state index in [0.29, 0.717) is 4.90 Å². The van der Waals surface area contributed by atoms with Crippen LogP contribution in [0.4, 0.5) is 5.69 Å². The predicted molar refractivity (Wildman–Crippen MR) is 115 cm³/mol. The Bertz CT molecular complexity index is 1120. The van der Waals surface area contributed by atoms with Crippen molar-refractivity contribution in [1.82, 2.24) is 9.88 Å². The maximum Gasteiger partial charge on any atom is 0.175 e. The third kappa shape index (κ3) is 3.75.